The average molecular weight is 316 g/mol. The van der Waals surface area contributed by atoms with Gasteiger partial charge in [0, 0.05) is 21.1 Å². The molecule has 0 heterocycles. The van der Waals surface area contributed by atoms with Crippen LogP contribution < -0.4 is 16.4 Å². The number of rotatable bonds is 3. The lowest BCUT2D eigenvalue weighted by molar-refractivity contribution is -0.117. The van der Waals surface area contributed by atoms with E-state index in [1.54, 1.807) is 18.2 Å². The molecule has 0 aliphatic carbocycles. The zero-order valence-electron chi connectivity index (χ0n) is 11.6. The van der Waals surface area contributed by atoms with E-state index in [9.17, 15) is 9.59 Å². The minimum absolute atomic E-state index is 0.0854. The quantitative estimate of drug-likeness (QED) is 0.591. The molecule has 110 valence electrons. The largest absolute Gasteiger partial charge is 0.398 e. The molecule has 3 amide bonds. The molecule has 0 atom stereocenters. The molecular weight excluding hydrogens is 298 g/mol. The normalized spacial score (nSPS) is 11.0. The minimum atomic E-state index is -0.512. The van der Waals surface area contributed by atoms with Crippen molar-refractivity contribution in [3.8, 4) is 0 Å². The number of thioether (sulfide) groups is 1. The lowest BCUT2D eigenvalue weighted by Crippen LogP contribution is -2.48. The van der Waals surface area contributed by atoms with Gasteiger partial charge in [0.15, 0.2) is 0 Å². The Bertz CT molecular complexity index is 515. The van der Waals surface area contributed by atoms with Crippen LogP contribution in [0.25, 0.3) is 0 Å². The topological polar surface area (TPSA) is 84.2 Å². The van der Waals surface area contributed by atoms with Crippen molar-refractivity contribution >= 4 is 41.0 Å². The van der Waals surface area contributed by atoms with Crippen molar-refractivity contribution in [2.45, 2.75) is 31.2 Å². The van der Waals surface area contributed by atoms with Gasteiger partial charge in [0.2, 0.25) is 5.91 Å². The molecule has 20 heavy (non-hydrogen) atoms. The van der Waals surface area contributed by atoms with E-state index in [0.29, 0.717) is 15.6 Å². The molecule has 0 aliphatic rings. The number of nitrogens with one attached hydrogen (secondary N) is 2. The van der Waals surface area contributed by atoms with Crippen LogP contribution in [0.15, 0.2) is 23.1 Å². The summed E-state index contributed by atoms with van der Waals surface area (Å²) in [4.78, 5) is 23.9. The van der Waals surface area contributed by atoms with Crippen LogP contribution in [-0.2, 0) is 4.79 Å². The summed E-state index contributed by atoms with van der Waals surface area (Å²) in [5.74, 6) is -0.307. The molecule has 0 aromatic heterocycles. The number of hydrogen-bond donors (Lipinski definition) is 3. The number of halogens is 1. The number of nitrogens with two attached hydrogens (primary N) is 1. The molecule has 1 aromatic rings. The smallest absolute Gasteiger partial charge is 0.321 e. The van der Waals surface area contributed by atoms with E-state index in [0.717, 1.165) is 0 Å². The van der Waals surface area contributed by atoms with Crippen molar-refractivity contribution in [1.82, 2.24) is 10.6 Å². The summed E-state index contributed by atoms with van der Waals surface area (Å²) in [7, 11) is 0. The molecule has 5 nitrogen and oxygen atoms in total. The Morgan fingerprint density at radius 3 is 2.60 bits per heavy atom. The van der Waals surface area contributed by atoms with E-state index in [4.69, 9.17) is 17.3 Å². The second kappa shape index (κ2) is 6.85. The van der Waals surface area contributed by atoms with Gasteiger partial charge in [0.1, 0.15) is 0 Å². The van der Waals surface area contributed by atoms with E-state index in [2.05, 4.69) is 10.6 Å². The summed E-state index contributed by atoms with van der Waals surface area (Å²) in [5, 5.41) is 5.45. The monoisotopic (exact) mass is 315 g/mol. The van der Waals surface area contributed by atoms with Crippen LogP contribution in [0.1, 0.15) is 20.8 Å². The Labute approximate surface area is 127 Å². The first-order valence-corrected chi connectivity index (χ1v) is 7.33. The van der Waals surface area contributed by atoms with Gasteiger partial charge >= 0.3 is 6.03 Å². The van der Waals surface area contributed by atoms with Gasteiger partial charge in [-0.05, 0) is 39.0 Å². The number of nitrogen functional groups attached to an aromatic ring is 1. The van der Waals surface area contributed by atoms with Crippen LogP contribution >= 0.6 is 23.4 Å². The molecule has 1 aromatic carbocycles. The van der Waals surface area contributed by atoms with Gasteiger partial charge in [-0.25, -0.2) is 4.79 Å². The third-order valence-corrected chi connectivity index (χ3v) is 3.38. The molecule has 0 bridgehead atoms. The van der Waals surface area contributed by atoms with E-state index in [1.165, 1.54) is 11.8 Å². The summed E-state index contributed by atoms with van der Waals surface area (Å²) in [5.41, 5.74) is 5.92. The van der Waals surface area contributed by atoms with Crippen LogP contribution in [0.3, 0.4) is 0 Å². The number of hydrogen-bond acceptors (Lipinski definition) is 4. The van der Waals surface area contributed by atoms with Crippen LogP contribution in [0, 0.1) is 0 Å². The van der Waals surface area contributed by atoms with Crippen LogP contribution in [0.5, 0.6) is 0 Å². The highest BCUT2D eigenvalue weighted by molar-refractivity contribution is 8.00. The van der Waals surface area contributed by atoms with Crippen molar-refractivity contribution in [3.05, 3.63) is 23.2 Å². The van der Waals surface area contributed by atoms with Gasteiger partial charge in [-0.3, -0.25) is 10.1 Å². The minimum Gasteiger partial charge on any atom is -0.398 e. The number of anilines is 1. The SMILES string of the molecule is CC(C)(C)NC(=O)NC(=O)CSc1cc(Cl)ccc1N. The molecule has 1 rings (SSSR count). The average Bonchev–Trinajstić information content (AvgIpc) is 2.27. The number of imide groups is 1. The third kappa shape index (κ3) is 6.16. The summed E-state index contributed by atoms with van der Waals surface area (Å²) in [6.45, 7) is 5.50. The van der Waals surface area contributed by atoms with Crippen LogP contribution in [0.4, 0.5) is 10.5 Å². The summed E-state index contributed by atoms with van der Waals surface area (Å²) in [6, 6.07) is 4.53. The molecule has 0 saturated heterocycles. The first kappa shape index (κ1) is 16.7. The predicted molar refractivity (Wildman–Crippen MR) is 83.0 cm³/mol. The van der Waals surface area contributed by atoms with E-state index < -0.39 is 17.5 Å². The second-order valence-electron chi connectivity index (χ2n) is 5.22. The highest BCUT2D eigenvalue weighted by atomic mass is 35.5. The molecular formula is C13H18ClN3O2S. The van der Waals surface area contributed by atoms with Gasteiger partial charge in [0.25, 0.3) is 0 Å². The second-order valence-corrected chi connectivity index (χ2v) is 6.68. The number of urea groups is 1. The summed E-state index contributed by atoms with van der Waals surface area (Å²) >= 11 is 7.08. The van der Waals surface area contributed by atoms with Crippen molar-refractivity contribution in [2.24, 2.45) is 0 Å². The van der Waals surface area contributed by atoms with E-state index in [1.807, 2.05) is 20.8 Å². The maximum Gasteiger partial charge on any atom is 0.321 e. The highest BCUT2D eigenvalue weighted by Gasteiger charge is 2.15. The molecule has 0 fully saturated rings. The van der Waals surface area contributed by atoms with Crippen molar-refractivity contribution in [1.29, 1.82) is 0 Å². The standard InChI is InChI=1S/C13H18ClN3O2S/c1-13(2,3)17-12(19)16-11(18)7-20-10-6-8(14)4-5-9(10)15/h4-6H,7,15H2,1-3H3,(H2,16,17,18,19). The van der Waals surface area contributed by atoms with Gasteiger partial charge < -0.3 is 11.1 Å². The summed E-state index contributed by atoms with van der Waals surface area (Å²) < 4.78 is 0. The lowest BCUT2D eigenvalue weighted by Gasteiger charge is -2.20. The molecule has 0 aliphatic heterocycles. The molecule has 0 unspecified atom stereocenters. The Balaban J connectivity index is 2.48. The van der Waals surface area contributed by atoms with Gasteiger partial charge in [-0.2, -0.15) is 0 Å². The van der Waals surface area contributed by atoms with Crippen LogP contribution in [0.2, 0.25) is 5.02 Å². The highest BCUT2D eigenvalue weighted by Crippen LogP contribution is 2.27. The van der Waals surface area contributed by atoms with Crippen molar-refractivity contribution in [2.75, 3.05) is 11.5 Å². The first-order valence-electron chi connectivity index (χ1n) is 5.97. The molecule has 0 radical (unpaired) electrons. The fraction of sp³-hybridized carbons (Fsp3) is 0.385. The third-order valence-electron chi connectivity index (χ3n) is 2.08. The predicted octanol–water partition coefficient (Wildman–Crippen LogP) is 2.64. The zero-order chi connectivity index (χ0) is 15.3. The fourth-order valence-corrected chi connectivity index (χ4v) is 2.35. The number of benzene rings is 1. The summed E-state index contributed by atoms with van der Waals surface area (Å²) in [6.07, 6.45) is 0. The molecule has 7 heteroatoms. The lowest BCUT2D eigenvalue weighted by atomic mass is 10.1. The van der Waals surface area contributed by atoms with Crippen molar-refractivity contribution in [3.63, 3.8) is 0 Å². The van der Waals surface area contributed by atoms with Crippen LogP contribution in [-0.4, -0.2) is 23.2 Å². The van der Waals surface area contributed by atoms with E-state index in [-0.39, 0.29) is 5.75 Å². The van der Waals surface area contributed by atoms with Gasteiger partial charge in [0.05, 0.1) is 5.75 Å². The van der Waals surface area contributed by atoms with Gasteiger partial charge in [-0.15, -0.1) is 11.8 Å². The van der Waals surface area contributed by atoms with Gasteiger partial charge in [-0.1, -0.05) is 11.6 Å². The Morgan fingerprint density at radius 2 is 2.00 bits per heavy atom. The maximum absolute atomic E-state index is 11.6. The first-order chi connectivity index (χ1) is 9.17. The Hall–Kier alpha value is -1.40. The van der Waals surface area contributed by atoms with Crippen molar-refractivity contribution < 1.29 is 9.59 Å². The number of amides is 3. The Morgan fingerprint density at radius 1 is 1.35 bits per heavy atom. The fourth-order valence-electron chi connectivity index (χ4n) is 1.31. The molecule has 0 saturated carbocycles. The Kier molecular flexibility index (Phi) is 5.71. The maximum atomic E-state index is 11.6. The molecule has 4 N–H and O–H groups in total. The number of carbonyl (C=O) groups is 2. The number of carbonyl (C=O) groups excluding carboxylic acids is 2. The molecule has 0 spiro atoms. The van der Waals surface area contributed by atoms with E-state index >= 15 is 0 Å². The zero-order valence-corrected chi connectivity index (χ0v) is 13.2.